The van der Waals surface area contributed by atoms with Gasteiger partial charge in [-0.05, 0) is 24.1 Å². The molecule has 18 heavy (non-hydrogen) atoms. The van der Waals surface area contributed by atoms with Gasteiger partial charge >= 0.3 is 0 Å². The van der Waals surface area contributed by atoms with Crippen molar-refractivity contribution in [2.24, 2.45) is 0 Å². The molecule has 1 aromatic rings. The molecule has 3 N–H and O–H groups in total. The molecular formula is C10H13N3O5-2. The molecule has 100 valence electrons. The molecule has 0 unspecified atom stereocenters. The minimum absolute atomic E-state index is 0.0884. The van der Waals surface area contributed by atoms with E-state index in [2.05, 4.69) is 5.32 Å². The largest absolute Gasteiger partial charge is 0.769 e. The molecule has 0 fully saturated rings. The van der Waals surface area contributed by atoms with Gasteiger partial charge in [0.2, 0.25) is 5.91 Å². The van der Waals surface area contributed by atoms with Crippen molar-refractivity contribution in [2.75, 3.05) is 17.0 Å². The number of carbonyl (C=O) groups excluding carboxylic acids is 1. The van der Waals surface area contributed by atoms with E-state index in [0.29, 0.717) is 18.5 Å². The van der Waals surface area contributed by atoms with E-state index >= 15 is 0 Å². The molecule has 0 atom stereocenters. The van der Waals surface area contributed by atoms with Crippen molar-refractivity contribution in [2.45, 2.75) is 13.3 Å². The molecule has 0 saturated carbocycles. The number of benzene rings is 1. The Morgan fingerprint density at radius 2 is 2.06 bits per heavy atom. The highest BCUT2D eigenvalue weighted by molar-refractivity contribution is 5.72. The minimum atomic E-state index is -0.634. The van der Waals surface area contributed by atoms with Gasteiger partial charge in [-0.1, -0.05) is 6.07 Å². The van der Waals surface area contributed by atoms with E-state index in [1.807, 2.05) is 0 Å². The van der Waals surface area contributed by atoms with E-state index in [-0.39, 0.29) is 22.5 Å². The fourth-order valence-electron chi connectivity index (χ4n) is 1.44. The zero-order valence-electron chi connectivity index (χ0n) is 9.66. The summed E-state index contributed by atoms with van der Waals surface area (Å²) in [5, 5.41) is 40.8. The van der Waals surface area contributed by atoms with Crippen LogP contribution in [0.4, 0.5) is 11.4 Å². The van der Waals surface area contributed by atoms with Crippen molar-refractivity contribution < 1.29 is 15.2 Å². The van der Waals surface area contributed by atoms with Gasteiger partial charge < -0.3 is 21.0 Å². The van der Waals surface area contributed by atoms with E-state index in [1.165, 1.54) is 19.1 Å². The second kappa shape index (κ2) is 6.17. The predicted octanol–water partition coefficient (Wildman–Crippen LogP) is 0.752. The van der Waals surface area contributed by atoms with Gasteiger partial charge in [0.1, 0.15) is 0 Å². The molecule has 0 aliphatic carbocycles. The molecule has 0 aliphatic rings. The lowest BCUT2D eigenvalue weighted by molar-refractivity contribution is -0.118. The van der Waals surface area contributed by atoms with Crippen molar-refractivity contribution in [1.29, 1.82) is 0 Å². The highest BCUT2D eigenvalue weighted by Gasteiger charge is 2.08. The first kappa shape index (κ1) is 14.2. The van der Waals surface area contributed by atoms with Crippen molar-refractivity contribution in [3.63, 3.8) is 0 Å². The molecule has 0 aromatic heterocycles. The monoisotopic (exact) mass is 255 g/mol. The van der Waals surface area contributed by atoms with Crippen LogP contribution in [0.25, 0.3) is 0 Å². The molecule has 0 radical (unpaired) electrons. The lowest BCUT2D eigenvalue weighted by Gasteiger charge is -2.38. The summed E-state index contributed by atoms with van der Waals surface area (Å²) in [7, 11) is 0. The Bertz CT molecular complexity index is 422. The van der Waals surface area contributed by atoms with Crippen LogP contribution in [-0.4, -0.2) is 22.9 Å². The first-order valence-corrected chi connectivity index (χ1v) is 5.11. The fourth-order valence-corrected chi connectivity index (χ4v) is 1.44. The number of hydrogen-bond donors (Lipinski definition) is 3. The average molecular weight is 255 g/mol. The summed E-state index contributed by atoms with van der Waals surface area (Å²) in [5.41, 5.74) is 0.135. The standard InChI is InChI=1S/C10H13N3O5/c1-7(14)11-5-4-8-2-3-9(12(15)16)6-10(8)13(17)18/h2-3,6,17-18H,4-5H2,1H3,(H,11,14)/q-2. The number of hydrogen-bond acceptors (Lipinski definition) is 7. The molecule has 0 spiro atoms. The third-order valence-electron chi connectivity index (χ3n) is 2.26. The summed E-state index contributed by atoms with van der Waals surface area (Å²) in [6.07, 6.45) is 0.324. The second-order valence-electron chi connectivity index (χ2n) is 3.59. The maximum atomic E-state index is 10.7. The summed E-state index contributed by atoms with van der Waals surface area (Å²) < 4.78 is 0. The Balaban J connectivity index is 2.86. The van der Waals surface area contributed by atoms with E-state index in [4.69, 9.17) is 10.4 Å². The first-order chi connectivity index (χ1) is 8.41. The average Bonchev–Trinajstić information content (AvgIpc) is 2.28. The summed E-state index contributed by atoms with van der Waals surface area (Å²) in [5.74, 6) is -0.205. The van der Waals surface area contributed by atoms with Gasteiger partial charge in [-0.25, -0.2) is 0 Å². The fraction of sp³-hybridized carbons (Fsp3) is 0.300. The normalized spacial score (nSPS) is 10.1. The lowest BCUT2D eigenvalue weighted by Crippen LogP contribution is -2.23. The lowest BCUT2D eigenvalue weighted by atomic mass is 10.1. The van der Waals surface area contributed by atoms with Crippen LogP contribution in [0, 0.1) is 10.4 Å². The topological polar surface area (TPSA) is 122 Å². The molecular weight excluding hydrogens is 242 g/mol. The van der Waals surface area contributed by atoms with Crippen LogP contribution in [0.5, 0.6) is 0 Å². The van der Waals surface area contributed by atoms with Crippen molar-refractivity contribution in [3.05, 3.63) is 34.2 Å². The summed E-state index contributed by atoms with van der Waals surface area (Å²) in [6, 6.07) is 3.72. The van der Waals surface area contributed by atoms with Crippen molar-refractivity contribution in [1.82, 2.24) is 5.32 Å². The smallest absolute Gasteiger partial charge is 0.216 e. The van der Waals surface area contributed by atoms with Crippen molar-refractivity contribution in [3.8, 4) is 0 Å². The molecule has 0 bridgehead atoms. The van der Waals surface area contributed by atoms with Gasteiger partial charge in [0.15, 0.2) is 0 Å². The Kier molecular flexibility index (Phi) is 4.86. The zero-order chi connectivity index (χ0) is 13.7. The maximum Gasteiger partial charge on any atom is 0.216 e. The highest BCUT2D eigenvalue weighted by atomic mass is 16.8. The second-order valence-corrected chi connectivity index (χ2v) is 3.59. The molecule has 1 amide bonds. The number of amides is 1. The maximum absolute atomic E-state index is 10.7. The van der Waals surface area contributed by atoms with E-state index in [9.17, 15) is 15.2 Å². The molecule has 8 nitrogen and oxygen atoms in total. The van der Waals surface area contributed by atoms with Gasteiger partial charge in [0.05, 0.1) is 5.69 Å². The van der Waals surface area contributed by atoms with Crippen LogP contribution in [0.15, 0.2) is 18.2 Å². The van der Waals surface area contributed by atoms with Gasteiger partial charge in [-0.2, -0.15) is 0 Å². The van der Waals surface area contributed by atoms with E-state index in [0.717, 1.165) is 6.07 Å². The zero-order valence-corrected chi connectivity index (χ0v) is 9.66. The number of rotatable bonds is 5. The first-order valence-electron chi connectivity index (χ1n) is 5.11. The molecule has 8 heteroatoms. The number of nitrogens with one attached hydrogen (secondary N) is 1. The number of nitrogens with zero attached hydrogens (tertiary/aromatic N) is 2. The molecule has 1 aromatic carbocycles. The molecule has 1 rings (SSSR count). The van der Waals surface area contributed by atoms with E-state index < -0.39 is 5.23 Å². The number of carbonyl (C=O) groups is 1. The summed E-state index contributed by atoms with van der Waals surface area (Å²) in [6.45, 7) is 1.66. The van der Waals surface area contributed by atoms with Crippen LogP contribution >= 0.6 is 0 Å². The van der Waals surface area contributed by atoms with Crippen LogP contribution in [-0.2, 0) is 11.2 Å². The molecule has 0 saturated heterocycles. The van der Waals surface area contributed by atoms with Crippen LogP contribution in [0.1, 0.15) is 12.5 Å². The van der Waals surface area contributed by atoms with Crippen LogP contribution in [0.3, 0.4) is 0 Å². The van der Waals surface area contributed by atoms with Gasteiger partial charge in [0.25, 0.3) is 0 Å². The number of anilines is 2. The van der Waals surface area contributed by atoms with Gasteiger partial charge in [0, 0.05) is 19.2 Å². The SMILES string of the molecule is CC(=O)NCCc1ccc(N([O-])[O-])cc1N(O)O. The predicted molar refractivity (Wildman–Crippen MR) is 64.1 cm³/mol. The third kappa shape index (κ3) is 3.86. The Hall–Kier alpha value is -1.87. The van der Waals surface area contributed by atoms with Gasteiger partial charge in [-0.3, -0.25) is 15.2 Å². The minimum Gasteiger partial charge on any atom is -0.769 e. The van der Waals surface area contributed by atoms with Crippen LogP contribution < -0.4 is 15.8 Å². The van der Waals surface area contributed by atoms with E-state index in [1.54, 1.807) is 0 Å². The summed E-state index contributed by atoms with van der Waals surface area (Å²) >= 11 is 0. The Labute approximate surface area is 103 Å². The Morgan fingerprint density at radius 3 is 2.56 bits per heavy atom. The molecule has 0 heterocycles. The molecule has 0 aliphatic heterocycles. The van der Waals surface area contributed by atoms with Crippen molar-refractivity contribution >= 4 is 17.3 Å². The Morgan fingerprint density at radius 1 is 1.39 bits per heavy atom. The quantitative estimate of drug-likeness (QED) is 0.663. The highest BCUT2D eigenvalue weighted by Crippen LogP contribution is 2.25. The summed E-state index contributed by atoms with van der Waals surface area (Å²) in [4.78, 5) is 10.7. The third-order valence-corrected chi connectivity index (χ3v) is 2.26. The van der Waals surface area contributed by atoms with Gasteiger partial charge in [-0.15, -0.1) is 5.23 Å². The van der Waals surface area contributed by atoms with Crippen LogP contribution in [0.2, 0.25) is 0 Å².